The fourth-order valence-corrected chi connectivity index (χ4v) is 2.21. The molecular formula is C13H20N4O2. The molecule has 0 amide bonds. The molecule has 1 saturated heterocycles. The van der Waals surface area contributed by atoms with Crippen LogP contribution in [-0.4, -0.2) is 49.1 Å². The zero-order chi connectivity index (χ0) is 13.7. The van der Waals surface area contributed by atoms with Gasteiger partial charge in [0.25, 0.3) is 5.69 Å². The van der Waals surface area contributed by atoms with Crippen molar-refractivity contribution in [3.63, 3.8) is 0 Å². The summed E-state index contributed by atoms with van der Waals surface area (Å²) in [5.74, 6) is 0. The molecule has 2 N–H and O–H groups in total. The Balaban J connectivity index is 1.85. The summed E-state index contributed by atoms with van der Waals surface area (Å²) in [4.78, 5) is 12.9. The van der Waals surface area contributed by atoms with Gasteiger partial charge in [-0.05, 0) is 13.0 Å². The normalized spacial score (nSPS) is 16.3. The van der Waals surface area contributed by atoms with Crippen molar-refractivity contribution in [2.24, 2.45) is 0 Å². The number of nitro benzene ring substituents is 1. The standard InChI is InChI=1S/C13H20N4O2/c1-11-2-3-12(10-13(11)17(18)19)15-6-9-16-7-4-14-5-8-16/h2-3,10,14-15H,4-9H2,1H3. The molecule has 104 valence electrons. The molecule has 0 spiro atoms. The minimum Gasteiger partial charge on any atom is -0.384 e. The van der Waals surface area contributed by atoms with E-state index in [1.54, 1.807) is 19.1 Å². The Morgan fingerprint density at radius 3 is 2.84 bits per heavy atom. The zero-order valence-electron chi connectivity index (χ0n) is 11.2. The van der Waals surface area contributed by atoms with Crippen LogP contribution >= 0.6 is 0 Å². The van der Waals surface area contributed by atoms with Gasteiger partial charge in [0.05, 0.1) is 4.92 Å². The van der Waals surface area contributed by atoms with Crippen LogP contribution in [0.25, 0.3) is 0 Å². The third-order valence-electron chi connectivity index (χ3n) is 3.37. The predicted molar refractivity (Wildman–Crippen MR) is 75.6 cm³/mol. The molecule has 1 aromatic rings. The summed E-state index contributed by atoms with van der Waals surface area (Å²) in [5, 5.41) is 17.4. The van der Waals surface area contributed by atoms with Crippen molar-refractivity contribution in [3.05, 3.63) is 33.9 Å². The van der Waals surface area contributed by atoms with Gasteiger partial charge in [-0.25, -0.2) is 0 Å². The highest BCUT2D eigenvalue weighted by Gasteiger charge is 2.11. The van der Waals surface area contributed by atoms with Gasteiger partial charge in [0.15, 0.2) is 0 Å². The molecule has 2 rings (SSSR count). The minimum atomic E-state index is -0.336. The highest BCUT2D eigenvalue weighted by molar-refractivity contribution is 5.54. The first-order valence-corrected chi connectivity index (χ1v) is 6.59. The Kier molecular flexibility index (Phi) is 4.70. The maximum atomic E-state index is 10.9. The van der Waals surface area contributed by atoms with E-state index in [-0.39, 0.29) is 10.6 Å². The van der Waals surface area contributed by atoms with Crippen LogP contribution in [0.5, 0.6) is 0 Å². The molecule has 0 atom stereocenters. The summed E-state index contributed by atoms with van der Waals surface area (Å²) in [5.41, 5.74) is 1.68. The van der Waals surface area contributed by atoms with Gasteiger partial charge in [-0.2, -0.15) is 0 Å². The first-order valence-electron chi connectivity index (χ1n) is 6.59. The topological polar surface area (TPSA) is 70.4 Å². The van der Waals surface area contributed by atoms with Crippen LogP contribution in [0.1, 0.15) is 5.56 Å². The molecule has 6 heteroatoms. The van der Waals surface area contributed by atoms with Crippen molar-refractivity contribution < 1.29 is 4.92 Å². The van der Waals surface area contributed by atoms with Crippen LogP contribution in [-0.2, 0) is 0 Å². The molecule has 0 unspecified atom stereocenters. The van der Waals surface area contributed by atoms with Crippen LogP contribution in [0.15, 0.2) is 18.2 Å². The Bertz CT molecular complexity index is 444. The lowest BCUT2D eigenvalue weighted by atomic mass is 10.2. The van der Waals surface area contributed by atoms with Crippen LogP contribution in [0.3, 0.4) is 0 Å². The van der Waals surface area contributed by atoms with Crippen molar-refractivity contribution in [2.45, 2.75) is 6.92 Å². The monoisotopic (exact) mass is 264 g/mol. The third-order valence-corrected chi connectivity index (χ3v) is 3.37. The first-order chi connectivity index (χ1) is 9.16. The largest absolute Gasteiger partial charge is 0.384 e. The molecule has 0 radical (unpaired) electrons. The van der Waals surface area contributed by atoms with Gasteiger partial charge >= 0.3 is 0 Å². The van der Waals surface area contributed by atoms with Crippen LogP contribution < -0.4 is 10.6 Å². The number of benzene rings is 1. The molecule has 0 bridgehead atoms. The van der Waals surface area contributed by atoms with E-state index < -0.39 is 0 Å². The Morgan fingerprint density at radius 1 is 1.42 bits per heavy atom. The second-order valence-corrected chi connectivity index (χ2v) is 4.78. The average Bonchev–Trinajstić information content (AvgIpc) is 2.41. The third kappa shape index (κ3) is 3.90. The number of hydrogen-bond donors (Lipinski definition) is 2. The summed E-state index contributed by atoms with van der Waals surface area (Å²) in [6.45, 7) is 7.73. The highest BCUT2D eigenvalue weighted by Crippen LogP contribution is 2.21. The molecule has 1 fully saturated rings. The number of rotatable bonds is 5. The maximum absolute atomic E-state index is 10.9. The average molecular weight is 264 g/mol. The summed E-state index contributed by atoms with van der Waals surface area (Å²) in [6, 6.07) is 5.28. The van der Waals surface area contributed by atoms with Gasteiger partial charge in [-0.15, -0.1) is 0 Å². The fraction of sp³-hybridized carbons (Fsp3) is 0.538. The number of anilines is 1. The van der Waals surface area contributed by atoms with Crippen LogP contribution in [0.4, 0.5) is 11.4 Å². The molecule has 1 aliphatic heterocycles. The molecule has 19 heavy (non-hydrogen) atoms. The highest BCUT2D eigenvalue weighted by atomic mass is 16.6. The van der Waals surface area contributed by atoms with E-state index in [4.69, 9.17) is 0 Å². The maximum Gasteiger partial charge on any atom is 0.274 e. The molecule has 0 aromatic heterocycles. The number of piperazine rings is 1. The summed E-state index contributed by atoms with van der Waals surface area (Å²) >= 11 is 0. The van der Waals surface area contributed by atoms with Crippen molar-refractivity contribution >= 4 is 11.4 Å². The summed E-state index contributed by atoms with van der Waals surface area (Å²) < 4.78 is 0. The minimum absolute atomic E-state index is 0.173. The SMILES string of the molecule is Cc1ccc(NCCN2CCNCC2)cc1[N+](=O)[O-]. The van der Waals surface area contributed by atoms with Gasteiger partial charge in [-0.3, -0.25) is 15.0 Å². The summed E-state index contributed by atoms with van der Waals surface area (Å²) in [7, 11) is 0. The van der Waals surface area contributed by atoms with E-state index in [1.165, 1.54) is 0 Å². The Hall–Kier alpha value is -1.66. The van der Waals surface area contributed by atoms with E-state index in [2.05, 4.69) is 15.5 Å². The van der Waals surface area contributed by atoms with Gasteiger partial charge in [-0.1, -0.05) is 6.07 Å². The molecular weight excluding hydrogens is 244 g/mol. The van der Waals surface area contributed by atoms with Crippen molar-refractivity contribution in [2.75, 3.05) is 44.6 Å². The molecule has 0 saturated carbocycles. The smallest absolute Gasteiger partial charge is 0.274 e. The zero-order valence-corrected chi connectivity index (χ0v) is 11.2. The van der Waals surface area contributed by atoms with Crippen molar-refractivity contribution in [3.8, 4) is 0 Å². The number of aryl methyl sites for hydroxylation is 1. The fourth-order valence-electron chi connectivity index (χ4n) is 2.21. The van der Waals surface area contributed by atoms with Crippen molar-refractivity contribution in [1.82, 2.24) is 10.2 Å². The second kappa shape index (κ2) is 6.49. The van der Waals surface area contributed by atoms with E-state index in [1.807, 2.05) is 6.07 Å². The van der Waals surface area contributed by atoms with Gasteiger partial charge in [0, 0.05) is 56.6 Å². The molecule has 0 aliphatic carbocycles. The molecule has 1 aromatic carbocycles. The van der Waals surface area contributed by atoms with Crippen LogP contribution in [0.2, 0.25) is 0 Å². The number of hydrogen-bond acceptors (Lipinski definition) is 5. The van der Waals surface area contributed by atoms with E-state index >= 15 is 0 Å². The van der Waals surface area contributed by atoms with Gasteiger partial charge < -0.3 is 10.6 Å². The predicted octanol–water partition coefficient (Wildman–Crippen LogP) is 1.22. The Labute approximate surface area is 112 Å². The van der Waals surface area contributed by atoms with E-state index in [0.29, 0.717) is 5.56 Å². The van der Waals surface area contributed by atoms with E-state index in [9.17, 15) is 10.1 Å². The Morgan fingerprint density at radius 2 is 2.16 bits per heavy atom. The van der Waals surface area contributed by atoms with E-state index in [0.717, 1.165) is 45.0 Å². The summed E-state index contributed by atoms with van der Waals surface area (Å²) in [6.07, 6.45) is 0. The second-order valence-electron chi connectivity index (χ2n) is 4.78. The van der Waals surface area contributed by atoms with Crippen molar-refractivity contribution in [1.29, 1.82) is 0 Å². The lowest BCUT2D eigenvalue weighted by Crippen LogP contribution is -2.45. The van der Waals surface area contributed by atoms with Gasteiger partial charge in [0.1, 0.15) is 0 Å². The van der Waals surface area contributed by atoms with Gasteiger partial charge in [0.2, 0.25) is 0 Å². The molecule has 1 heterocycles. The van der Waals surface area contributed by atoms with Crippen LogP contribution in [0, 0.1) is 17.0 Å². The first kappa shape index (κ1) is 13.8. The number of nitrogens with one attached hydrogen (secondary N) is 2. The molecule has 1 aliphatic rings. The quantitative estimate of drug-likeness (QED) is 0.618. The molecule has 6 nitrogen and oxygen atoms in total. The number of nitrogens with zero attached hydrogens (tertiary/aromatic N) is 2. The number of nitro groups is 1. The lowest BCUT2D eigenvalue weighted by molar-refractivity contribution is -0.385. The lowest BCUT2D eigenvalue weighted by Gasteiger charge is -2.27.